The first-order valence-electron chi connectivity index (χ1n) is 8.12. The highest BCUT2D eigenvalue weighted by molar-refractivity contribution is 7.77. The zero-order valence-electron chi connectivity index (χ0n) is 14.6. The summed E-state index contributed by atoms with van der Waals surface area (Å²) in [6.45, 7) is 0.169. The van der Waals surface area contributed by atoms with Gasteiger partial charge >= 0.3 is 0 Å². The highest BCUT2D eigenvalue weighted by atomic mass is 32.2. The van der Waals surface area contributed by atoms with E-state index in [2.05, 4.69) is 9.88 Å². The Morgan fingerprint density at radius 3 is 2.59 bits per heavy atom. The zero-order valence-corrected chi connectivity index (χ0v) is 15.5. The minimum absolute atomic E-state index is 0.0358. The van der Waals surface area contributed by atoms with Crippen molar-refractivity contribution in [2.24, 2.45) is 0 Å². The average Bonchev–Trinajstić information content (AvgIpc) is 3.09. The van der Waals surface area contributed by atoms with Crippen molar-refractivity contribution in [1.82, 2.24) is 9.88 Å². The topological polar surface area (TPSA) is 168 Å². The van der Waals surface area contributed by atoms with Crippen LogP contribution in [0, 0.1) is 10.1 Å². The molecule has 0 amide bonds. The van der Waals surface area contributed by atoms with Crippen molar-refractivity contribution in [2.45, 2.75) is 6.42 Å². The summed E-state index contributed by atoms with van der Waals surface area (Å²) >= 11 is -2.14. The van der Waals surface area contributed by atoms with Crippen LogP contribution in [0.25, 0.3) is 11.3 Å². The molecule has 29 heavy (non-hydrogen) atoms. The van der Waals surface area contributed by atoms with Crippen molar-refractivity contribution in [2.75, 3.05) is 6.54 Å². The number of phenolic OH excluding ortho intramolecular Hbond substituents is 2. The van der Waals surface area contributed by atoms with Crippen LogP contribution in [-0.4, -0.2) is 35.6 Å². The lowest BCUT2D eigenvalue weighted by atomic mass is 10.1. The van der Waals surface area contributed by atoms with Crippen LogP contribution in [0.15, 0.2) is 47.0 Å². The minimum atomic E-state index is -2.14. The van der Waals surface area contributed by atoms with Gasteiger partial charge in [-0.1, -0.05) is 5.16 Å². The van der Waals surface area contributed by atoms with E-state index in [1.165, 1.54) is 36.4 Å². The fourth-order valence-electron chi connectivity index (χ4n) is 2.49. The van der Waals surface area contributed by atoms with Gasteiger partial charge in [-0.25, -0.2) is 8.93 Å². The normalized spacial score (nSPS) is 11.9. The third-order valence-corrected chi connectivity index (χ3v) is 4.20. The number of phenols is 2. The maximum Gasteiger partial charge on any atom is 0.269 e. The summed E-state index contributed by atoms with van der Waals surface area (Å²) < 4.78 is 32.5. The van der Waals surface area contributed by atoms with Crippen LogP contribution >= 0.6 is 0 Å². The standard InChI is InChI=1S/C17H15N3O8S/c21-12-8-14(22)17(16-7-10(19-28-16)5-6-18-29(25)26)15(9-12)27-13-3-1-11(2-4-13)20(23)24/h1-4,7-9,18,21-22H,5-6H2,(H,25,26). The van der Waals surface area contributed by atoms with Gasteiger partial charge in [0.1, 0.15) is 28.6 Å². The van der Waals surface area contributed by atoms with Gasteiger partial charge in [-0.2, -0.15) is 0 Å². The predicted molar refractivity (Wildman–Crippen MR) is 101 cm³/mol. The second-order valence-corrected chi connectivity index (χ2v) is 6.55. The first-order valence-corrected chi connectivity index (χ1v) is 9.23. The maximum atomic E-state index is 10.8. The fourth-order valence-corrected chi connectivity index (χ4v) is 2.77. The lowest BCUT2D eigenvalue weighted by molar-refractivity contribution is -0.384. The summed E-state index contributed by atoms with van der Waals surface area (Å²) in [6.07, 6.45) is 0.285. The van der Waals surface area contributed by atoms with Crippen molar-refractivity contribution in [3.8, 4) is 34.3 Å². The second-order valence-electron chi connectivity index (χ2n) is 5.77. The maximum absolute atomic E-state index is 10.8. The predicted octanol–water partition coefficient (Wildman–Crippen LogP) is 2.72. The number of nitrogens with one attached hydrogen (secondary N) is 1. The van der Waals surface area contributed by atoms with Crippen molar-refractivity contribution in [1.29, 1.82) is 0 Å². The quantitative estimate of drug-likeness (QED) is 0.243. The molecule has 152 valence electrons. The molecule has 1 heterocycles. The van der Waals surface area contributed by atoms with E-state index >= 15 is 0 Å². The molecule has 0 aliphatic rings. The molecule has 4 N–H and O–H groups in total. The lowest BCUT2D eigenvalue weighted by Gasteiger charge is -2.11. The minimum Gasteiger partial charge on any atom is -0.508 e. The monoisotopic (exact) mass is 421 g/mol. The Balaban J connectivity index is 1.88. The van der Waals surface area contributed by atoms with Gasteiger partial charge in [0, 0.05) is 43.3 Å². The van der Waals surface area contributed by atoms with Crippen LogP contribution in [-0.2, 0) is 17.7 Å². The Kier molecular flexibility index (Phi) is 6.07. The van der Waals surface area contributed by atoms with Gasteiger partial charge in [0.15, 0.2) is 5.76 Å². The van der Waals surface area contributed by atoms with E-state index in [-0.39, 0.29) is 53.0 Å². The van der Waals surface area contributed by atoms with Crippen LogP contribution in [0.3, 0.4) is 0 Å². The van der Waals surface area contributed by atoms with Crippen molar-refractivity contribution in [3.63, 3.8) is 0 Å². The van der Waals surface area contributed by atoms with Gasteiger partial charge in [0.25, 0.3) is 5.69 Å². The first kappa shape index (κ1) is 20.3. The zero-order chi connectivity index (χ0) is 21.0. The Labute approximate surface area is 166 Å². The third-order valence-electron chi connectivity index (χ3n) is 3.75. The molecule has 3 aromatic rings. The van der Waals surface area contributed by atoms with Crippen molar-refractivity contribution < 1.29 is 33.2 Å². The molecular formula is C17H15N3O8S. The van der Waals surface area contributed by atoms with Crippen molar-refractivity contribution in [3.05, 3.63) is 58.3 Å². The van der Waals surface area contributed by atoms with Crippen LogP contribution in [0.2, 0.25) is 0 Å². The summed E-state index contributed by atoms with van der Waals surface area (Å²) in [7, 11) is 0. The van der Waals surface area contributed by atoms with Crippen molar-refractivity contribution >= 4 is 17.0 Å². The molecule has 0 spiro atoms. The Morgan fingerprint density at radius 2 is 1.93 bits per heavy atom. The van der Waals surface area contributed by atoms with Gasteiger partial charge in [-0.05, 0) is 12.1 Å². The summed E-state index contributed by atoms with van der Waals surface area (Å²) in [5, 5.41) is 34.7. The molecule has 0 radical (unpaired) electrons. The SMILES string of the molecule is O=[N+]([O-])c1ccc(Oc2cc(O)cc(O)c2-c2cc(CCNS(=O)O)no2)cc1. The number of nitrogens with zero attached hydrogens (tertiary/aromatic N) is 2. The fraction of sp³-hybridized carbons (Fsp3) is 0.118. The number of hydrogen-bond donors (Lipinski definition) is 4. The molecule has 3 rings (SSSR count). The Hall–Kier alpha value is -3.48. The molecule has 0 saturated carbocycles. The van der Waals surface area contributed by atoms with E-state index in [0.717, 1.165) is 6.07 Å². The van der Waals surface area contributed by atoms with Crippen LogP contribution in [0.5, 0.6) is 23.0 Å². The van der Waals surface area contributed by atoms with Crippen LogP contribution in [0.1, 0.15) is 5.69 Å². The summed E-state index contributed by atoms with van der Waals surface area (Å²) in [6, 6.07) is 9.10. The van der Waals surface area contributed by atoms with Gasteiger partial charge in [0.2, 0.25) is 11.3 Å². The number of nitro benzene ring substituents is 1. The van der Waals surface area contributed by atoms with E-state index in [9.17, 15) is 24.5 Å². The second kappa shape index (κ2) is 8.68. The van der Waals surface area contributed by atoms with Crippen LogP contribution < -0.4 is 9.46 Å². The molecule has 12 heteroatoms. The van der Waals surface area contributed by atoms with E-state index in [4.69, 9.17) is 13.8 Å². The molecule has 0 saturated heterocycles. The number of aromatic nitrogens is 1. The average molecular weight is 421 g/mol. The van der Waals surface area contributed by atoms with E-state index in [1.54, 1.807) is 0 Å². The van der Waals surface area contributed by atoms with Gasteiger partial charge in [-0.3, -0.25) is 14.7 Å². The molecular weight excluding hydrogens is 406 g/mol. The molecule has 2 aromatic carbocycles. The van der Waals surface area contributed by atoms with Gasteiger partial charge in [-0.15, -0.1) is 0 Å². The molecule has 0 aliphatic heterocycles. The lowest BCUT2D eigenvalue weighted by Crippen LogP contribution is -2.19. The summed E-state index contributed by atoms with van der Waals surface area (Å²) in [4.78, 5) is 10.2. The largest absolute Gasteiger partial charge is 0.508 e. The molecule has 0 bridgehead atoms. The summed E-state index contributed by atoms with van der Waals surface area (Å²) in [5.41, 5.74) is 0.443. The number of benzene rings is 2. The molecule has 11 nitrogen and oxygen atoms in total. The highest BCUT2D eigenvalue weighted by Gasteiger charge is 2.19. The number of rotatable bonds is 8. The Bertz CT molecular complexity index is 1050. The molecule has 0 fully saturated rings. The Morgan fingerprint density at radius 1 is 1.21 bits per heavy atom. The number of aromatic hydroxyl groups is 2. The van der Waals surface area contributed by atoms with Gasteiger partial charge in [0.05, 0.1) is 10.6 Å². The number of hydrogen-bond acceptors (Lipinski definition) is 8. The van der Waals surface area contributed by atoms with Crippen LogP contribution in [0.4, 0.5) is 5.69 Å². The number of non-ortho nitro benzene ring substituents is 1. The highest BCUT2D eigenvalue weighted by Crippen LogP contribution is 2.43. The molecule has 0 aliphatic carbocycles. The molecule has 1 atom stereocenters. The van der Waals surface area contributed by atoms with E-state index in [0.29, 0.717) is 5.69 Å². The van der Waals surface area contributed by atoms with E-state index < -0.39 is 16.2 Å². The third kappa shape index (κ3) is 5.07. The van der Waals surface area contributed by atoms with Gasteiger partial charge < -0.3 is 19.5 Å². The molecule has 1 unspecified atom stereocenters. The first-order chi connectivity index (χ1) is 13.8. The van der Waals surface area contributed by atoms with E-state index in [1.807, 2.05) is 0 Å². The summed E-state index contributed by atoms with van der Waals surface area (Å²) in [5.74, 6) is -0.193. The smallest absolute Gasteiger partial charge is 0.269 e. The number of nitro groups is 1. The molecule has 1 aromatic heterocycles. The number of ether oxygens (including phenoxy) is 1.